The van der Waals surface area contributed by atoms with Gasteiger partial charge in [0.05, 0.1) is 0 Å². The van der Waals surface area contributed by atoms with Gasteiger partial charge in [0.25, 0.3) is 0 Å². The molecule has 0 aromatic heterocycles. The Labute approximate surface area is 68.7 Å². The van der Waals surface area contributed by atoms with Crippen molar-refractivity contribution in [3.8, 4) is 0 Å². The average Bonchev–Trinajstić information content (AvgIpc) is 1.83. The van der Waals surface area contributed by atoms with Gasteiger partial charge in [-0.05, 0) is 25.7 Å². The van der Waals surface area contributed by atoms with Crippen molar-refractivity contribution in [2.45, 2.75) is 38.3 Å². The molecule has 2 heteroatoms. The quantitative estimate of drug-likeness (QED) is 0.582. The molecule has 2 nitrogen and oxygen atoms in total. The molecule has 0 amide bonds. The molecule has 0 spiro atoms. The van der Waals surface area contributed by atoms with E-state index in [2.05, 4.69) is 17.6 Å². The molecule has 2 fully saturated rings. The third kappa shape index (κ3) is 1.57. The van der Waals surface area contributed by atoms with Crippen LogP contribution in [0.15, 0.2) is 0 Å². The minimum absolute atomic E-state index is 0.759. The molecule has 11 heavy (non-hydrogen) atoms. The lowest BCUT2D eigenvalue weighted by atomic mass is 9.86. The van der Waals surface area contributed by atoms with E-state index in [1.54, 1.807) is 0 Å². The summed E-state index contributed by atoms with van der Waals surface area (Å²) in [6.45, 7) is 4.78. The van der Waals surface area contributed by atoms with Crippen molar-refractivity contribution < 1.29 is 0 Å². The molecule has 2 unspecified atom stereocenters. The molecule has 2 heterocycles. The lowest BCUT2D eigenvalue weighted by molar-refractivity contribution is 0.200. The third-order valence-electron chi connectivity index (χ3n) is 3.03. The monoisotopic (exact) mass is 154 g/mol. The highest BCUT2D eigenvalue weighted by Crippen LogP contribution is 2.20. The molecule has 2 aliphatic heterocycles. The van der Waals surface area contributed by atoms with Crippen LogP contribution in [0.2, 0.25) is 0 Å². The van der Waals surface area contributed by atoms with Crippen LogP contribution in [-0.4, -0.2) is 25.2 Å². The van der Waals surface area contributed by atoms with E-state index in [9.17, 15) is 0 Å². The summed E-state index contributed by atoms with van der Waals surface area (Å²) in [7, 11) is 0. The number of piperidine rings is 1. The zero-order chi connectivity index (χ0) is 7.68. The van der Waals surface area contributed by atoms with Gasteiger partial charge in [-0.2, -0.15) is 0 Å². The van der Waals surface area contributed by atoms with E-state index in [-0.39, 0.29) is 0 Å². The molecule has 2 aliphatic rings. The molecule has 64 valence electrons. The van der Waals surface area contributed by atoms with Crippen molar-refractivity contribution in [2.75, 3.05) is 13.1 Å². The van der Waals surface area contributed by atoms with Crippen LogP contribution in [0.4, 0.5) is 0 Å². The van der Waals surface area contributed by atoms with Gasteiger partial charge in [-0.15, -0.1) is 0 Å². The van der Waals surface area contributed by atoms with Crippen LogP contribution >= 0.6 is 0 Å². The van der Waals surface area contributed by atoms with E-state index in [1.165, 1.54) is 32.4 Å². The van der Waals surface area contributed by atoms with Gasteiger partial charge < -0.3 is 10.6 Å². The minimum atomic E-state index is 0.759. The maximum absolute atomic E-state index is 3.68. The first-order valence-corrected chi connectivity index (χ1v) is 4.83. The van der Waals surface area contributed by atoms with E-state index in [0.717, 1.165) is 18.0 Å². The molecule has 2 saturated heterocycles. The van der Waals surface area contributed by atoms with Gasteiger partial charge in [0.15, 0.2) is 0 Å². The molecular formula is C9H18N2. The molecule has 0 bridgehead atoms. The van der Waals surface area contributed by atoms with Crippen molar-refractivity contribution in [1.82, 2.24) is 10.6 Å². The molecule has 2 N–H and O–H groups in total. The predicted molar refractivity (Wildman–Crippen MR) is 46.6 cm³/mol. The predicted octanol–water partition coefficient (Wildman–Crippen LogP) is 0.736. The number of rotatable bonds is 1. The second-order valence-electron chi connectivity index (χ2n) is 4.02. The lowest BCUT2D eigenvalue weighted by Gasteiger charge is -2.39. The highest BCUT2D eigenvalue weighted by molar-refractivity contribution is 4.89. The maximum Gasteiger partial charge on any atom is 0.0122 e. The van der Waals surface area contributed by atoms with Crippen molar-refractivity contribution >= 4 is 0 Å². The molecule has 2 rings (SSSR count). The molecule has 0 aromatic rings. The fourth-order valence-corrected chi connectivity index (χ4v) is 2.14. The molecular weight excluding hydrogens is 136 g/mol. The summed E-state index contributed by atoms with van der Waals surface area (Å²) in [5.74, 6) is 0.928. The van der Waals surface area contributed by atoms with E-state index in [0.29, 0.717) is 0 Å². The molecule has 0 aliphatic carbocycles. The van der Waals surface area contributed by atoms with Crippen LogP contribution in [0.3, 0.4) is 0 Å². The molecule has 2 atom stereocenters. The van der Waals surface area contributed by atoms with Gasteiger partial charge in [-0.25, -0.2) is 0 Å². The first-order chi connectivity index (χ1) is 5.36. The van der Waals surface area contributed by atoms with Crippen LogP contribution in [0.5, 0.6) is 0 Å². The summed E-state index contributed by atoms with van der Waals surface area (Å²) in [5, 5.41) is 7.01. The van der Waals surface area contributed by atoms with Crippen LogP contribution in [0.1, 0.15) is 26.2 Å². The summed E-state index contributed by atoms with van der Waals surface area (Å²) in [4.78, 5) is 0. The second kappa shape index (κ2) is 3.11. The summed E-state index contributed by atoms with van der Waals surface area (Å²) in [6.07, 6.45) is 4.20. The van der Waals surface area contributed by atoms with Gasteiger partial charge in [-0.3, -0.25) is 0 Å². The van der Waals surface area contributed by atoms with Crippen LogP contribution in [0.25, 0.3) is 0 Å². The second-order valence-corrected chi connectivity index (χ2v) is 4.02. The number of nitrogens with one attached hydrogen (secondary N) is 2. The van der Waals surface area contributed by atoms with E-state index in [4.69, 9.17) is 0 Å². The van der Waals surface area contributed by atoms with Gasteiger partial charge in [0.1, 0.15) is 0 Å². The average molecular weight is 154 g/mol. The smallest absolute Gasteiger partial charge is 0.0122 e. The van der Waals surface area contributed by atoms with Crippen LogP contribution in [-0.2, 0) is 0 Å². The van der Waals surface area contributed by atoms with E-state index in [1.807, 2.05) is 0 Å². The van der Waals surface area contributed by atoms with Gasteiger partial charge in [0, 0.05) is 25.2 Å². The van der Waals surface area contributed by atoms with Crippen LogP contribution < -0.4 is 10.6 Å². The largest absolute Gasteiger partial charge is 0.316 e. The zero-order valence-electron chi connectivity index (χ0n) is 7.27. The van der Waals surface area contributed by atoms with Crippen LogP contribution in [0, 0.1) is 5.92 Å². The Morgan fingerprint density at radius 2 is 2.00 bits per heavy atom. The summed E-state index contributed by atoms with van der Waals surface area (Å²) >= 11 is 0. The highest BCUT2D eigenvalue weighted by atomic mass is 15.0. The number of hydrogen-bond acceptors (Lipinski definition) is 2. The summed E-state index contributed by atoms with van der Waals surface area (Å²) in [5.41, 5.74) is 0. The summed E-state index contributed by atoms with van der Waals surface area (Å²) < 4.78 is 0. The van der Waals surface area contributed by atoms with Gasteiger partial charge in [0.2, 0.25) is 0 Å². The Bertz CT molecular complexity index is 132. The fourth-order valence-electron chi connectivity index (χ4n) is 2.14. The topological polar surface area (TPSA) is 24.1 Å². The van der Waals surface area contributed by atoms with Gasteiger partial charge in [-0.1, -0.05) is 6.42 Å². The van der Waals surface area contributed by atoms with E-state index < -0.39 is 0 Å². The lowest BCUT2D eigenvalue weighted by Crippen LogP contribution is -2.56. The minimum Gasteiger partial charge on any atom is -0.316 e. The van der Waals surface area contributed by atoms with Gasteiger partial charge >= 0.3 is 0 Å². The Balaban J connectivity index is 1.82. The Kier molecular flexibility index (Phi) is 2.14. The van der Waals surface area contributed by atoms with Crippen molar-refractivity contribution in [3.05, 3.63) is 0 Å². The standard InChI is InChI=1S/C9H18N2/c1-7-3-2-4-9(11-7)8-5-10-6-8/h7-11H,2-6H2,1H3. The number of hydrogen-bond donors (Lipinski definition) is 2. The summed E-state index contributed by atoms with van der Waals surface area (Å²) in [6, 6.07) is 1.58. The fraction of sp³-hybridized carbons (Fsp3) is 1.00. The highest BCUT2D eigenvalue weighted by Gasteiger charge is 2.29. The zero-order valence-corrected chi connectivity index (χ0v) is 7.27. The SMILES string of the molecule is CC1CCCC(C2CNC2)N1. The molecule has 0 aromatic carbocycles. The normalized spacial score (nSPS) is 40.1. The van der Waals surface area contributed by atoms with Crippen molar-refractivity contribution in [1.29, 1.82) is 0 Å². The first kappa shape index (κ1) is 7.56. The Hall–Kier alpha value is -0.0800. The Morgan fingerprint density at radius 1 is 1.18 bits per heavy atom. The Morgan fingerprint density at radius 3 is 2.55 bits per heavy atom. The first-order valence-electron chi connectivity index (χ1n) is 4.83. The van der Waals surface area contributed by atoms with Crippen molar-refractivity contribution in [2.24, 2.45) is 5.92 Å². The molecule has 0 saturated carbocycles. The van der Waals surface area contributed by atoms with E-state index >= 15 is 0 Å². The maximum atomic E-state index is 3.68. The molecule has 0 radical (unpaired) electrons. The van der Waals surface area contributed by atoms with Crippen molar-refractivity contribution in [3.63, 3.8) is 0 Å². The third-order valence-corrected chi connectivity index (χ3v) is 3.03.